The van der Waals surface area contributed by atoms with Crippen molar-refractivity contribution in [1.82, 2.24) is 10.2 Å². The Labute approximate surface area is 143 Å². The number of fused-ring (bicyclic) bond motifs is 1. The lowest BCUT2D eigenvalue weighted by atomic mass is 10.2. The molecule has 1 amide bonds. The molecule has 0 aliphatic rings. The zero-order chi connectivity index (χ0) is 17.2. The fourth-order valence-corrected chi connectivity index (χ4v) is 4.09. The number of benzene rings is 2. The lowest BCUT2D eigenvalue weighted by Crippen LogP contribution is -2.17. The van der Waals surface area contributed by atoms with Gasteiger partial charge in [0.25, 0.3) is 0 Å². The molecule has 8 heteroatoms. The third-order valence-electron chi connectivity index (χ3n) is 3.50. The number of nitrogens with one attached hydrogen (secondary N) is 2. The van der Waals surface area contributed by atoms with Crippen molar-refractivity contribution < 1.29 is 13.2 Å². The zero-order valence-corrected chi connectivity index (χ0v) is 14.1. The predicted molar refractivity (Wildman–Crippen MR) is 92.8 cm³/mol. The maximum atomic E-state index is 12.3. The van der Waals surface area contributed by atoms with Gasteiger partial charge < -0.3 is 5.32 Å². The predicted octanol–water partition coefficient (Wildman–Crippen LogP) is 3.02. The smallest absolute Gasteiger partial charge is 0.225 e. The number of carbonyl (C=O) groups excluding carboxylic acids is 1. The van der Waals surface area contributed by atoms with Gasteiger partial charge in [0.15, 0.2) is 9.84 Å². The molecular weight excluding hydrogens is 350 g/mol. The summed E-state index contributed by atoms with van der Waals surface area (Å²) < 4.78 is 24.5. The number of carbonyl (C=O) groups is 1. The van der Waals surface area contributed by atoms with E-state index in [0.717, 1.165) is 10.9 Å². The van der Waals surface area contributed by atoms with Gasteiger partial charge in [-0.2, -0.15) is 5.10 Å². The molecule has 0 saturated heterocycles. The summed E-state index contributed by atoms with van der Waals surface area (Å²) in [7, 11) is -3.61. The number of aromatic amines is 1. The first-order valence-electron chi connectivity index (χ1n) is 7.16. The van der Waals surface area contributed by atoms with Gasteiger partial charge in [0.2, 0.25) is 5.91 Å². The fraction of sp³-hybridized carbons (Fsp3) is 0.125. The van der Waals surface area contributed by atoms with Crippen LogP contribution < -0.4 is 5.32 Å². The Morgan fingerprint density at radius 1 is 1.21 bits per heavy atom. The van der Waals surface area contributed by atoms with Crippen LogP contribution >= 0.6 is 11.6 Å². The Kier molecular flexibility index (Phi) is 4.55. The van der Waals surface area contributed by atoms with Crippen LogP contribution in [0.2, 0.25) is 5.02 Å². The van der Waals surface area contributed by atoms with Crippen molar-refractivity contribution in [3.05, 3.63) is 53.7 Å². The van der Waals surface area contributed by atoms with Crippen molar-refractivity contribution in [2.45, 2.75) is 11.3 Å². The standard InChI is InChI=1S/C16H14ClN3O3S/c17-13-3-1-2-4-15(13)24(22,23)8-7-16(21)19-12-6-5-11-10-18-20-14(11)9-12/h1-6,9-10H,7-8H2,(H,18,20)(H,19,21). The molecule has 1 aromatic heterocycles. The van der Waals surface area contributed by atoms with Crippen LogP contribution in [0, 0.1) is 0 Å². The minimum absolute atomic E-state index is 0.0401. The average molecular weight is 364 g/mol. The van der Waals surface area contributed by atoms with E-state index in [1.807, 2.05) is 6.07 Å². The van der Waals surface area contributed by atoms with Crippen molar-refractivity contribution in [3.63, 3.8) is 0 Å². The van der Waals surface area contributed by atoms with Gasteiger partial charge in [-0.05, 0) is 30.3 Å². The Morgan fingerprint density at radius 2 is 2.00 bits per heavy atom. The molecular formula is C16H14ClN3O3S. The van der Waals surface area contributed by atoms with Gasteiger partial charge in [0.05, 0.1) is 27.4 Å². The largest absolute Gasteiger partial charge is 0.326 e. The summed E-state index contributed by atoms with van der Waals surface area (Å²) in [6, 6.07) is 11.5. The molecule has 0 aliphatic heterocycles. The number of hydrogen-bond donors (Lipinski definition) is 2. The highest BCUT2D eigenvalue weighted by atomic mass is 35.5. The lowest BCUT2D eigenvalue weighted by Gasteiger charge is -2.07. The molecule has 0 radical (unpaired) electrons. The van der Waals surface area contributed by atoms with Crippen LogP contribution in [-0.2, 0) is 14.6 Å². The first-order valence-corrected chi connectivity index (χ1v) is 9.19. The van der Waals surface area contributed by atoms with Crippen molar-refractivity contribution in [2.75, 3.05) is 11.1 Å². The quantitative estimate of drug-likeness (QED) is 0.728. The Balaban J connectivity index is 1.65. The monoisotopic (exact) mass is 363 g/mol. The molecule has 0 aliphatic carbocycles. The van der Waals surface area contributed by atoms with Crippen LogP contribution in [0.3, 0.4) is 0 Å². The SMILES string of the molecule is O=C(CCS(=O)(=O)c1ccccc1Cl)Nc1ccc2cn[nH]c2c1. The highest BCUT2D eigenvalue weighted by molar-refractivity contribution is 7.91. The van der Waals surface area contributed by atoms with E-state index >= 15 is 0 Å². The van der Waals surface area contributed by atoms with E-state index in [-0.39, 0.29) is 28.0 Å². The number of rotatable bonds is 5. The van der Waals surface area contributed by atoms with Gasteiger partial charge in [-0.1, -0.05) is 23.7 Å². The minimum Gasteiger partial charge on any atom is -0.326 e. The van der Waals surface area contributed by atoms with E-state index < -0.39 is 9.84 Å². The Morgan fingerprint density at radius 3 is 2.79 bits per heavy atom. The molecule has 2 N–H and O–H groups in total. The van der Waals surface area contributed by atoms with Gasteiger partial charge in [-0.25, -0.2) is 8.42 Å². The van der Waals surface area contributed by atoms with Crippen molar-refractivity contribution in [2.24, 2.45) is 0 Å². The number of aromatic nitrogens is 2. The van der Waals surface area contributed by atoms with Gasteiger partial charge in [-0.15, -0.1) is 0 Å². The Hall–Kier alpha value is -2.38. The van der Waals surface area contributed by atoms with E-state index in [0.29, 0.717) is 5.69 Å². The maximum absolute atomic E-state index is 12.3. The van der Waals surface area contributed by atoms with Gasteiger partial charge >= 0.3 is 0 Å². The molecule has 6 nitrogen and oxygen atoms in total. The number of hydrogen-bond acceptors (Lipinski definition) is 4. The normalized spacial score (nSPS) is 11.5. The molecule has 0 spiro atoms. The third kappa shape index (κ3) is 3.58. The van der Waals surface area contributed by atoms with E-state index in [4.69, 9.17) is 11.6 Å². The zero-order valence-electron chi connectivity index (χ0n) is 12.5. The van der Waals surface area contributed by atoms with Crippen molar-refractivity contribution >= 4 is 43.9 Å². The van der Waals surface area contributed by atoms with Gasteiger partial charge in [-0.3, -0.25) is 9.89 Å². The first kappa shape index (κ1) is 16.5. The summed E-state index contributed by atoms with van der Waals surface area (Å²) in [4.78, 5) is 12.1. The molecule has 0 fully saturated rings. The summed E-state index contributed by atoms with van der Waals surface area (Å²) >= 11 is 5.91. The number of amides is 1. The summed E-state index contributed by atoms with van der Waals surface area (Å²) in [5, 5.41) is 10.5. The molecule has 24 heavy (non-hydrogen) atoms. The lowest BCUT2D eigenvalue weighted by molar-refractivity contribution is -0.115. The van der Waals surface area contributed by atoms with E-state index in [1.165, 1.54) is 12.1 Å². The molecule has 0 saturated carbocycles. The van der Waals surface area contributed by atoms with Crippen LogP contribution in [0.1, 0.15) is 6.42 Å². The maximum Gasteiger partial charge on any atom is 0.225 e. The summed E-state index contributed by atoms with van der Waals surface area (Å²) in [6.45, 7) is 0. The number of H-pyrrole nitrogens is 1. The van der Waals surface area contributed by atoms with Crippen LogP contribution in [-0.4, -0.2) is 30.3 Å². The topological polar surface area (TPSA) is 91.9 Å². The van der Waals surface area contributed by atoms with Gasteiger partial charge in [0, 0.05) is 17.5 Å². The van der Waals surface area contributed by atoms with Crippen LogP contribution in [0.5, 0.6) is 0 Å². The van der Waals surface area contributed by atoms with Crippen LogP contribution in [0.4, 0.5) is 5.69 Å². The highest BCUT2D eigenvalue weighted by Crippen LogP contribution is 2.22. The average Bonchev–Trinajstić information content (AvgIpc) is 3.01. The molecule has 0 atom stereocenters. The molecule has 0 unspecified atom stereocenters. The highest BCUT2D eigenvalue weighted by Gasteiger charge is 2.19. The summed E-state index contributed by atoms with van der Waals surface area (Å²) in [5.41, 5.74) is 1.36. The van der Waals surface area contributed by atoms with E-state index in [2.05, 4.69) is 15.5 Å². The first-order chi connectivity index (χ1) is 11.5. The number of sulfone groups is 1. The third-order valence-corrected chi connectivity index (χ3v) is 5.70. The van der Waals surface area contributed by atoms with Crippen LogP contribution in [0.25, 0.3) is 10.9 Å². The van der Waals surface area contributed by atoms with E-state index in [9.17, 15) is 13.2 Å². The van der Waals surface area contributed by atoms with E-state index in [1.54, 1.807) is 30.5 Å². The second kappa shape index (κ2) is 6.62. The number of anilines is 1. The van der Waals surface area contributed by atoms with Crippen LogP contribution in [0.15, 0.2) is 53.6 Å². The summed E-state index contributed by atoms with van der Waals surface area (Å²) in [6.07, 6.45) is 1.52. The minimum atomic E-state index is -3.61. The number of halogens is 1. The van der Waals surface area contributed by atoms with Crippen molar-refractivity contribution in [1.29, 1.82) is 0 Å². The Bertz CT molecular complexity index is 998. The molecule has 1 heterocycles. The molecule has 2 aromatic carbocycles. The molecule has 124 valence electrons. The number of nitrogens with zero attached hydrogens (tertiary/aromatic N) is 1. The fourth-order valence-electron chi connectivity index (χ4n) is 2.27. The molecule has 3 rings (SSSR count). The summed E-state index contributed by atoms with van der Waals surface area (Å²) in [5.74, 6) is -0.695. The van der Waals surface area contributed by atoms with Gasteiger partial charge in [0.1, 0.15) is 0 Å². The second-order valence-corrected chi connectivity index (χ2v) is 7.70. The second-order valence-electron chi connectivity index (χ2n) is 5.22. The molecule has 0 bridgehead atoms. The van der Waals surface area contributed by atoms with Crippen molar-refractivity contribution in [3.8, 4) is 0 Å². The molecule has 3 aromatic rings.